The lowest BCUT2D eigenvalue weighted by Gasteiger charge is -2.27. The molecule has 1 saturated heterocycles. The number of rotatable bonds is 5. The van der Waals surface area contributed by atoms with E-state index in [-0.39, 0.29) is 6.10 Å². The number of aromatic nitrogens is 2. The van der Waals surface area contributed by atoms with Gasteiger partial charge in [-0.05, 0) is 37.0 Å². The Morgan fingerprint density at radius 3 is 3.08 bits per heavy atom. The minimum Gasteiger partial charge on any atom is -0.492 e. The predicted octanol–water partition coefficient (Wildman–Crippen LogP) is 2.05. The standard InChI is InChI=1S/C20H26N4O2/c1-25-18-10-17(24(12-18)20-8-9-21-14-23-20)11-22-16-7-6-15-4-2-3-5-19(15)26-13-16/h2-5,8-9,14,16-18,22H,6-7,10-13H2,1H3/t16?,17-,18-/m1/s1. The molecule has 0 aliphatic carbocycles. The van der Waals surface area contributed by atoms with Crippen molar-refractivity contribution < 1.29 is 9.47 Å². The minimum absolute atomic E-state index is 0.242. The monoisotopic (exact) mass is 354 g/mol. The van der Waals surface area contributed by atoms with E-state index in [2.05, 4.69) is 38.4 Å². The highest BCUT2D eigenvalue weighted by molar-refractivity contribution is 5.40. The number of fused-ring (bicyclic) bond motifs is 1. The molecule has 1 unspecified atom stereocenters. The first-order valence-corrected chi connectivity index (χ1v) is 9.33. The first-order chi connectivity index (χ1) is 12.8. The molecule has 3 heterocycles. The molecular weight excluding hydrogens is 328 g/mol. The number of anilines is 1. The smallest absolute Gasteiger partial charge is 0.132 e. The zero-order valence-corrected chi connectivity index (χ0v) is 15.2. The summed E-state index contributed by atoms with van der Waals surface area (Å²) < 4.78 is 11.6. The maximum absolute atomic E-state index is 6.01. The first kappa shape index (κ1) is 17.2. The van der Waals surface area contributed by atoms with Gasteiger partial charge in [-0.2, -0.15) is 0 Å². The van der Waals surface area contributed by atoms with E-state index < -0.39 is 0 Å². The second-order valence-corrected chi connectivity index (χ2v) is 7.03. The van der Waals surface area contributed by atoms with Crippen LogP contribution in [0.25, 0.3) is 0 Å². The van der Waals surface area contributed by atoms with Gasteiger partial charge in [0, 0.05) is 38.5 Å². The van der Waals surface area contributed by atoms with Crippen molar-refractivity contribution in [2.45, 2.75) is 37.5 Å². The molecule has 1 N–H and O–H groups in total. The average Bonchev–Trinajstić information content (AvgIpc) is 3.00. The molecule has 138 valence electrons. The molecule has 26 heavy (non-hydrogen) atoms. The molecule has 0 spiro atoms. The number of hydrogen-bond acceptors (Lipinski definition) is 6. The highest BCUT2D eigenvalue weighted by atomic mass is 16.5. The summed E-state index contributed by atoms with van der Waals surface area (Å²) in [7, 11) is 1.79. The van der Waals surface area contributed by atoms with E-state index in [1.165, 1.54) is 5.56 Å². The zero-order chi connectivity index (χ0) is 17.8. The van der Waals surface area contributed by atoms with Gasteiger partial charge in [0.15, 0.2) is 0 Å². The summed E-state index contributed by atoms with van der Waals surface area (Å²) in [6.07, 6.45) is 6.78. The van der Waals surface area contributed by atoms with Crippen molar-refractivity contribution in [2.75, 3.05) is 31.7 Å². The Balaban J connectivity index is 1.37. The lowest BCUT2D eigenvalue weighted by atomic mass is 10.1. The molecule has 0 amide bonds. The van der Waals surface area contributed by atoms with Crippen molar-refractivity contribution in [1.29, 1.82) is 0 Å². The number of methoxy groups -OCH3 is 1. The Morgan fingerprint density at radius 1 is 1.31 bits per heavy atom. The molecule has 4 rings (SSSR count). The number of aryl methyl sites for hydroxylation is 1. The Labute approximate surface area is 154 Å². The van der Waals surface area contributed by atoms with E-state index in [9.17, 15) is 0 Å². The van der Waals surface area contributed by atoms with Gasteiger partial charge in [0.25, 0.3) is 0 Å². The van der Waals surface area contributed by atoms with Crippen LogP contribution < -0.4 is 15.0 Å². The Kier molecular flexibility index (Phi) is 5.32. The number of ether oxygens (including phenoxy) is 2. The van der Waals surface area contributed by atoms with Crippen LogP contribution in [0.2, 0.25) is 0 Å². The lowest BCUT2D eigenvalue weighted by molar-refractivity contribution is 0.118. The van der Waals surface area contributed by atoms with Crippen molar-refractivity contribution in [1.82, 2.24) is 15.3 Å². The normalized spacial score (nSPS) is 25.4. The zero-order valence-electron chi connectivity index (χ0n) is 15.2. The van der Waals surface area contributed by atoms with E-state index in [1.807, 2.05) is 12.1 Å². The molecule has 2 aliphatic heterocycles. The number of nitrogens with one attached hydrogen (secondary N) is 1. The molecule has 3 atom stereocenters. The lowest BCUT2D eigenvalue weighted by Crippen LogP contribution is -2.44. The molecule has 0 radical (unpaired) electrons. The third-order valence-corrected chi connectivity index (χ3v) is 5.39. The second kappa shape index (κ2) is 8.01. The van der Waals surface area contributed by atoms with E-state index >= 15 is 0 Å². The molecular formula is C20H26N4O2. The number of benzene rings is 1. The molecule has 2 aromatic rings. The molecule has 0 bridgehead atoms. The largest absolute Gasteiger partial charge is 0.492 e. The van der Waals surface area contributed by atoms with Gasteiger partial charge < -0.3 is 19.7 Å². The summed E-state index contributed by atoms with van der Waals surface area (Å²) in [5, 5.41) is 3.72. The molecule has 2 aliphatic rings. The van der Waals surface area contributed by atoms with Crippen LogP contribution in [0.1, 0.15) is 18.4 Å². The third kappa shape index (κ3) is 3.81. The number of para-hydroxylation sites is 1. The topological polar surface area (TPSA) is 59.5 Å². The number of nitrogens with zero attached hydrogens (tertiary/aromatic N) is 3. The van der Waals surface area contributed by atoms with Crippen LogP contribution in [0.15, 0.2) is 42.9 Å². The van der Waals surface area contributed by atoms with Crippen LogP contribution in [0.3, 0.4) is 0 Å². The summed E-state index contributed by atoms with van der Waals surface area (Å²) in [6, 6.07) is 11.0. The highest BCUT2D eigenvalue weighted by Crippen LogP contribution is 2.26. The van der Waals surface area contributed by atoms with E-state index in [0.29, 0.717) is 18.7 Å². The van der Waals surface area contributed by atoms with Crippen molar-refractivity contribution in [2.24, 2.45) is 0 Å². The molecule has 1 aromatic heterocycles. The van der Waals surface area contributed by atoms with Gasteiger partial charge in [0.2, 0.25) is 0 Å². The fourth-order valence-electron chi connectivity index (χ4n) is 3.89. The third-order valence-electron chi connectivity index (χ3n) is 5.39. The summed E-state index contributed by atoms with van der Waals surface area (Å²) in [4.78, 5) is 10.8. The molecule has 6 nitrogen and oxygen atoms in total. The average molecular weight is 354 g/mol. The van der Waals surface area contributed by atoms with Crippen molar-refractivity contribution in [3.8, 4) is 5.75 Å². The highest BCUT2D eigenvalue weighted by Gasteiger charge is 2.33. The quantitative estimate of drug-likeness (QED) is 0.887. The van der Waals surface area contributed by atoms with Crippen LogP contribution >= 0.6 is 0 Å². The predicted molar refractivity (Wildman–Crippen MR) is 101 cm³/mol. The van der Waals surface area contributed by atoms with Crippen LogP contribution in [0.4, 0.5) is 5.82 Å². The number of hydrogen-bond donors (Lipinski definition) is 1. The Bertz CT molecular complexity index is 685. The first-order valence-electron chi connectivity index (χ1n) is 9.33. The van der Waals surface area contributed by atoms with Crippen molar-refractivity contribution >= 4 is 5.82 Å². The Morgan fingerprint density at radius 2 is 2.23 bits per heavy atom. The van der Waals surface area contributed by atoms with Crippen LogP contribution in [-0.2, 0) is 11.2 Å². The Hall–Kier alpha value is -2.18. The molecule has 6 heteroatoms. The minimum atomic E-state index is 0.242. The summed E-state index contributed by atoms with van der Waals surface area (Å²) >= 11 is 0. The van der Waals surface area contributed by atoms with Gasteiger partial charge in [-0.3, -0.25) is 0 Å². The summed E-state index contributed by atoms with van der Waals surface area (Å²) in [6.45, 7) is 2.48. The molecule has 0 saturated carbocycles. The van der Waals surface area contributed by atoms with Gasteiger partial charge in [0.1, 0.15) is 24.5 Å². The van der Waals surface area contributed by atoms with Gasteiger partial charge in [0.05, 0.1) is 6.10 Å². The fourth-order valence-corrected chi connectivity index (χ4v) is 3.89. The molecule has 1 aromatic carbocycles. The summed E-state index contributed by atoms with van der Waals surface area (Å²) in [5.41, 5.74) is 1.31. The van der Waals surface area contributed by atoms with Crippen LogP contribution in [-0.4, -0.2) is 55.0 Å². The van der Waals surface area contributed by atoms with E-state index in [0.717, 1.165) is 43.9 Å². The van der Waals surface area contributed by atoms with Gasteiger partial charge in [-0.25, -0.2) is 9.97 Å². The van der Waals surface area contributed by atoms with E-state index in [1.54, 1.807) is 19.6 Å². The maximum Gasteiger partial charge on any atom is 0.132 e. The van der Waals surface area contributed by atoms with Crippen molar-refractivity contribution in [3.05, 3.63) is 48.4 Å². The van der Waals surface area contributed by atoms with E-state index in [4.69, 9.17) is 9.47 Å². The van der Waals surface area contributed by atoms with Crippen molar-refractivity contribution in [3.63, 3.8) is 0 Å². The van der Waals surface area contributed by atoms with Crippen LogP contribution in [0, 0.1) is 0 Å². The fraction of sp³-hybridized carbons (Fsp3) is 0.500. The van der Waals surface area contributed by atoms with Crippen LogP contribution in [0.5, 0.6) is 5.75 Å². The van der Waals surface area contributed by atoms with Gasteiger partial charge in [-0.1, -0.05) is 18.2 Å². The SMILES string of the molecule is CO[C@@H]1C[C@H](CNC2CCc3ccccc3OC2)N(c2ccncn2)C1. The summed E-state index contributed by atoms with van der Waals surface area (Å²) in [5.74, 6) is 2.00. The second-order valence-electron chi connectivity index (χ2n) is 7.03. The molecule has 1 fully saturated rings. The van der Waals surface area contributed by atoms with Gasteiger partial charge >= 0.3 is 0 Å². The maximum atomic E-state index is 6.01. The van der Waals surface area contributed by atoms with Gasteiger partial charge in [-0.15, -0.1) is 0 Å².